The first-order valence-electron chi connectivity index (χ1n) is 7.44. The van der Waals surface area contributed by atoms with E-state index in [0.29, 0.717) is 17.9 Å². The molecule has 4 N–H and O–H groups in total. The second-order valence-electron chi connectivity index (χ2n) is 6.59. The number of nitrogens with two attached hydrogens (primary N) is 2. The Hall–Kier alpha value is -0.610. The molecule has 1 aliphatic heterocycles. The fourth-order valence-corrected chi connectivity index (χ4v) is 4.18. The summed E-state index contributed by atoms with van der Waals surface area (Å²) in [5.74, 6) is 1.36. The normalized spacial score (nSPS) is 38.8. The fraction of sp³-hybridized carbons (Fsp3) is 0.929. The Labute approximate surface area is 109 Å². The molecule has 4 heteroatoms. The van der Waals surface area contributed by atoms with E-state index < -0.39 is 5.54 Å². The second kappa shape index (κ2) is 4.49. The maximum absolute atomic E-state index is 12.6. The predicted molar refractivity (Wildman–Crippen MR) is 70.8 cm³/mol. The number of rotatable bonds is 1. The Morgan fingerprint density at radius 1 is 1.11 bits per heavy atom. The van der Waals surface area contributed by atoms with Crippen LogP contribution in [0.2, 0.25) is 0 Å². The number of fused-ring (bicyclic) bond motifs is 1. The summed E-state index contributed by atoms with van der Waals surface area (Å²) < 4.78 is 0. The highest BCUT2D eigenvalue weighted by Crippen LogP contribution is 2.39. The highest BCUT2D eigenvalue weighted by molar-refractivity contribution is 5.86. The van der Waals surface area contributed by atoms with Crippen LogP contribution in [0.25, 0.3) is 0 Å². The molecule has 3 atom stereocenters. The van der Waals surface area contributed by atoms with Gasteiger partial charge in [-0.05, 0) is 37.5 Å². The van der Waals surface area contributed by atoms with Crippen molar-refractivity contribution in [3.05, 3.63) is 0 Å². The molecule has 1 heterocycles. The highest BCUT2D eigenvalue weighted by atomic mass is 16.2. The Balaban J connectivity index is 1.67. The number of likely N-dealkylation sites (tertiary alicyclic amines) is 1. The van der Waals surface area contributed by atoms with Gasteiger partial charge in [-0.15, -0.1) is 0 Å². The van der Waals surface area contributed by atoms with Gasteiger partial charge < -0.3 is 16.4 Å². The molecular weight excluding hydrogens is 226 g/mol. The van der Waals surface area contributed by atoms with E-state index in [9.17, 15) is 4.79 Å². The third kappa shape index (κ3) is 1.95. The predicted octanol–water partition coefficient (Wildman–Crippen LogP) is 0.844. The van der Waals surface area contributed by atoms with Gasteiger partial charge >= 0.3 is 0 Å². The largest absolute Gasteiger partial charge is 0.340 e. The lowest BCUT2D eigenvalue weighted by atomic mass is 9.81. The number of carbonyl (C=O) groups is 1. The zero-order valence-corrected chi connectivity index (χ0v) is 11.1. The lowest BCUT2D eigenvalue weighted by Crippen LogP contribution is -2.56. The van der Waals surface area contributed by atoms with Crippen LogP contribution < -0.4 is 11.5 Å². The van der Waals surface area contributed by atoms with Crippen LogP contribution in [0.1, 0.15) is 44.9 Å². The minimum absolute atomic E-state index is 0.198. The number of amides is 1. The summed E-state index contributed by atoms with van der Waals surface area (Å²) in [7, 11) is 0. The second-order valence-corrected chi connectivity index (χ2v) is 6.59. The minimum Gasteiger partial charge on any atom is -0.340 e. The molecule has 1 amide bonds. The van der Waals surface area contributed by atoms with Crippen LogP contribution >= 0.6 is 0 Å². The summed E-state index contributed by atoms with van der Waals surface area (Å²) >= 11 is 0. The monoisotopic (exact) mass is 251 g/mol. The SMILES string of the molecule is NC1CCC2CN(C(=O)C3(N)CCCCC3)CC12. The molecule has 2 saturated carbocycles. The van der Waals surface area contributed by atoms with Gasteiger partial charge in [0.05, 0.1) is 5.54 Å². The molecule has 0 aromatic carbocycles. The quantitative estimate of drug-likeness (QED) is 0.725. The van der Waals surface area contributed by atoms with E-state index in [1.54, 1.807) is 0 Å². The molecule has 3 unspecified atom stereocenters. The van der Waals surface area contributed by atoms with Crippen LogP contribution in [0.15, 0.2) is 0 Å². The van der Waals surface area contributed by atoms with Gasteiger partial charge in [-0.3, -0.25) is 4.79 Å². The van der Waals surface area contributed by atoms with Gasteiger partial charge in [0.2, 0.25) is 5.91 Å². The molecule has 2 aliphatic carbocycles. The third-order valence-corrected chi connectivity index (χ3v) is 5.37. The van der Waals surface area contributed by atoms with Crippen molar-refractivity contribution in [2.45, 2.75) is 56.5 Å². The smallest absolute Gasteiger partial charge is 0.242 e. The van der Waals surface area contributed by atoms with Gasteiger partial charge in [0.15, 0.2) is 0 Å². The summed E-state index contributed by atoms with van der Waals surface area (Å²) in [6, 6.07) is 0.299. The molecule has 0 aromatic rings. The molecule has 3 aliphatic rings. The van der Waals surface area contributed by atoms with E-state index in [1.165, 1.54) is 12.8 Å². The van der Waals surface area contributed by atoms with Crippen LogP contribution in [-0.4, -0.2) is 35.5 Å². The van der Waals surface area contributed by atoms with Crippen molar-refractivity contribution < 1.29 is 4.79 Å². The van der Waals surface area contributed by atoms with Crippen molar-refractivity contribution >= 4 is 5.91 Å². The first-order valence-corrected chi connectivity index (χ1v) is 7.44. The number of nitrogens with zero attached hydrogens (tertiary/aromatic N) is 1. The molecule has 102 valence electrons. The molecule has 3 rings (SSSR count). The standard InChI is InChI=1S/C14H25N3O/c15-12-5-4-10-8-17(9-11(10)12)13(18)14(16)6-2-1-3-7-14/h10-12H,1-9,15-16H2. The first-order chi connectivity index (χ1) is 8.60. The van der Waals surface area contributed by atoms with E-state index in [0.717, 1.165) is 45.2 Å². The van der Waals surface area contributed by atoms with Crippen LogP contribution in [0.3, 0.4) is 0 Å². The topological polar surface area (TPSA) is 72.3 Å². The van der Waals surface area contributed by atoms with E-state index in [2.05, 4.69) is 0 Å². The maximum atomic E-state index is 12.6. The zero-order valence-electron chi connectivity index (χ0n) is 11.1. The number of carbonyl (C=O) groups excluding carboxylic acids is 1. The summed E-state index contributed by atoms with van der Waals surface area (Å²) in [5.41, 5.74) is 11.9. The molecular formula is C14H25N3O. The first kappa shape index (κ1) is 12.4. The molecule has 0 radical (unpaired) electrons. The summed E-state index contributed by atoms with van der Waals surface area (Å²) in [6.45, 7) is 1.75. The minimum atomic E-state index is -0.568. The summed E-state index contributed by atoms with van der Waals surface area (Å²) in [4.78, 5) is 14.6. The third-order valence-electron chi connectivity index (χ3n) is 5.37. The lowest BCUT2D eigenvalue weighted by molar-refractivity contribution is -0.137. The van der Waals surface area contributed by atoms with Crippen molar-refractivity contribution in [1.29, 1.82) is 0 Å². The Morgan fingerprint density at radius 2 is 1.83 bits per heavy atom. The van der Waals surface area contributed by atoms with Gasteiger partial charge in [0.1, 0.15) is 0 Å². The van der Waals surface area contributed by atoms with Crippen molar-refractivity contribution in [3.63, 3.8) is 0 Å². The van der Waals surface area contributed by atoms with Crippen LogP contribution in [-0.2, 0) is 4.79 Å². The molecule has 0 bridgehead atoms. The summed E-state index contributed by atoms with van der Waals surface area (Å²) in [6.07, 6.45) is 7.47. The fourth-order valence-electron chi connectivity index (χ4n) is 4.18. The average Bonchev–Trinajstić information content (AvgIpc) is 2.92. The Kier molecular flexibility index (Phi) is 3.10. The molecule has 0 spiro atoms. The average molecular weight is 251 g/mol. The maximum Gasteiger partial charge on any atom is 0.242 e. The van der Waals surface area contributed by atoms with Crippen LogP contribution in [0, 0.1) is 11.8 Å². The van der Waals surface area contributed by atoms with E-state index in [4.69, 9.17) is 11.5 Å². The van der Waals surface area contributed by atoms with Crippen LogP contribution in [0.5, 0.6) is 0 Å². The lowest BCUT2D eigenvalue weighted by Gasteiger charge is -2.35. The molecule has 3 fully saturated rings. The molecule has 1 saturated heterocycles. The molecule has 0 aromatic heterocycles. The molecule has 4 nitrogen and oxygen atoms in total. The van der Waals surface area contributed by atoms with E-state index in [-0.39, 0.29) is 5.91 Å². The Morgan fingerprint density at radius 3 is 2.50 bits per heavy atom. The van der Waals surface area contributed by atoms with Gasteiger partial charge in [-0.1, -0.05) is 19.3 Å². The zero-order chi connectivity index (χ0) is 12.8. The summed E-state index contributed by atoms with van der Waals surface area (Å²) in [5, 5.41) is 0. The van der Waals surface area contributed by atoms with Crippen LogP contribution in [0.4, 0.5) is 0 Å². The van der Waals surface area contributed by atoms with E-state index >= 15 is 0 Å². The number of hydrogen-bond donors (Lipinski definition) is 2. The van der Waals surface area contributed by atoms with Gasteiger partial charge in [0.25, 0.3) is 0 Å². The van der Waals surface area contributed by atoms with Crippen molar-refractivity contribution in [1.82, 2.24) is 4.90 Å². The van der Waals surface area contributed by atoms with Crippen molar-refractivity contribution in [3.8, 4) is 0 Å². The van der Waals surface area contributed by atoms with Crippen molar-refractivity contribution in [2.75, 3.05) is 13.1 Å². The van der Waals surface area contributed by atoms with E-state index in [1.807, 2.05) is 4.90 Å². The van der Waals surface area contributed by atoms with Gasteiger partial charge in [0, 0.05) is 19.1 Å². The van der Waals surface area contributed by atoms with Crippen molar-refractivity contribution in [2.24, 2.45) is 23.3 Å². The highest BCUT2D eigenvalue weighted by Gasteiger charge is 2.46. The van der Waals surface area contributed by atoms with Gasteiger partial charge in [-0.25, -0.2) is 0 Å². The Bertz CT molecular complexity index is 338. The molecule has 18 heavy (non-hydrogen) atoms. The van der Waals surface area contributed by atoms with Gasteiger partial charge in [-0.2, -0.15) is 0 Å². The number of hydrogen-bond acceptors (Lipinski definition) is 3.